The lowest BCUT2D eigenvalue weighted by molar-refractivity contribution is 0.359. The van der Waals surface area contributed by atoms with E-state index in [0.29, 0.717) is 5.41 Å². The number of benzene rings is 1. The second-order valence-electron chi connectivity index (χ2n) is 5.82. The van der Waals surface area contributed by atoms with Crippen molar-refractivity contribution >= 4 is 50.1 Å². The number of hydrogen-bond acceptors (Lipinski definition) is 3. The summed E-state index contributed by atoms with van der Waals surface area (Å²) in [7, 11) is 0. The van der Waals surface area contributed by atoms with Gasteiger partial charge in [0.2, 0.25) is 0 Å². The van der Waals surface area contributed by atoms with Crippen LogP contribution >= 0.6 is 39.3 Å². The smallest absolute Gasteiger partial charge is 0.161 e. The second kappa shape index (κ2) is 5.90. The number of aliphatic imine (C=N–C) groups is 1. The normalized spacial score (nSPS) is 21.1. The number of nitrogens with one attached hydrogen (secondary N) is 1. The third-order valence-corrected chi connectivity index (χ3v) is 6.55. The molecule has 1 aromatic rings. The minimum atomic E-state index is 0.484. The molecule has 0 atom stereocenters. The Bertz CT molecular complexity index is 553. The number of aryl methyl sites for hydroxylation is 1. The van der Waals surface area contributed by atoms with Crippen molar-refractivity contribution < 1.29 is 0 Å². The van der Waals surface area contributed by atoms with Crippen LogP contribution in [0.25, 0.3) is 0 Å². The van der Waals surface area contributed by atoms with Gasteiger partial charge in [-0.05, 0) is 58.8 Å². The van der Waals surface area contributed by atoms with Crippen molar-refractivity contribution in [2.24, 2.45) is 10.4 Å². The van der Waals surface area contributed by atoms with Crippen LogP contribution in [0.15, 0.2) is 21.6 Å². The molecule has 2 aliphatic rings. The molecule has 1 aromatic carbocycles. The van der Waals surface area contributed by atoms with Crippen molar-refractivity contribution in [2.45, 2.75) is 32.6 Å². The van der Waals surface area contributed by atoms with Gasteiger partial charge in [-0.1, -0.05) is 36.2 Å². The molecule has 108 valence electrons. The zero-order valence-electron chi connectivity index (χ0n) is 11.5. The predicted octanol–water partition coefficient (Wildman–Crippen LogP) is 5.49. The molecule has 0 bridgehead atoms. The number of thioether (sulfide) groups is 1. The minimum Gasteiger partial charge on any atom is -0.334 e. The fraction of sp³-hybridized carbons (Fsp3) is 0.533. The van der Waals surface area contributed by atoms with Crippen LogP contribution < -0.4 is 5.32 Å². The first-order valence-electron chi connectivity index (χ1n) is 6.98. The van der Waals surface area contributed by atoms with E-state index in [9.17, 15) is 0 Å². The Labute approximate surface area is 137 Å². The van der Waals surface area contributed by atoms with Gasteiger partial charge in [-0.25, -0.2) is 0 Å². The lowest BCUT2D eigenvalue weighted by Gasteiger charge is -2.31. The SMILES string of the molecule is Cc1cc(Br)c(NC2=NCC3(CCCC3)CS2)cc1Cl. The summed E-state index contributed by atoms with van der Waals surface area (Å²) in [4.78, 5) is 4.76. The van der Waals surface area contributed by atoms with E-state index >= 15 is 0 Å². The Balaban J connectivity index is 1.73. The van der Waals surface area contributed by atoms with Crippen molar-refractivity contribution in [1.29, 1.82) is 0 Å². The molecule has 0 unspecified atom stereocenters. The highest BCUT2D eigenvalue weighted by atomic mass is 79.9. The number of halogens is 2. The number of amidine groups is 1. The van der Waals surface area contributed by atoms with Crippen molar-refractivity contribution in [3.63, 3.8) is 0 Å². The summed E-state index contributed by atoms with van der Waals surface area (Å²) < 4.78 is 1.03. The first-order valence-corrected chi connectivity index (χ1v) is 9.14. The third kappa shape index (κ3) is 3.02. The lowest BCUT2D eigenvalue weighted by Crippen LogP contribution is -2.30. The van der Waals surface area contributed by atoms with Gasteiger partial charge in [0.1, 0.15) is 0 Å². The fourth-order valence-corrected chi connectivity index (χ4v) is 4.79. The molecule has 1 N–H and O–H groups in total. The summed E-state index contributed by atoms with van der Waals surface area (Å²) in [6.45, 7) is 2.98. The van der Waals surface area contributed by atoms with E-state index in [4.69, 9.17) is 16.6 Å². The zero-order valence-corrected chi connectivity index (χ0v) is 14.7. The van der Waals surface area contributed by atoms with Crippen LogP contribution in [0.3, 0.4) is 0 Å². The quantitative estimate of drug-likeness (QED) is 0.704. The molecule has 20 heavy (non-hydrogen) atoms. The maximum atomic E-state index is 6.19. The van der Waals surface area contributed by atoms with Crippen molar-refractivity contribution in [3.05, 3.63) is 27.2 Å². The molecule has 0 radical (unpaired) electrons. The maximum Gasteiger partial charge on any atom is 0.161 e. The highest BCUT2D eigenvalue weighted by Crippen LogP contribution is 2.43. The van der Waals surface area contributed by atoms with Gasteiger partial charge >= 0.3 is 0 Å². The number of anilines is 1. The van der Waals surface area contributed by atoms with Crippen LogP contribution in [0.2, 0.25) is 5.02 Å². The first kappa shape index (κ1) is 14.7. The van der Waals surface area contributed by atoms with E-state index < -0.39 is 0 Å². The molecule has 1 aliphatic heterocycles. The Kier molecular flexibility index (Phi) is 4.34. The largest absolute Gasteiger partial charge is 0.334 e. The maximum absolute atomic E-state index is 6.19. The average molecular weight is 374 g/mol. The van der Waals surface area contributed by atoms with E-state index in [2.05, 4.69) is 21.2 Å². The molecular weight excluding hydrogens is 356 g/mol. The topological polar surface area (TPSA) is 24.4 Å². The summed E-state index contributed by atoms with van der Waals surface area (Å²) in [6.07, 6.45) is 5.43. The Hall–Kier alpha value is -0.190. The van der Waals surface area contributed by atoms with E-state index in [0.717, 1.165) is 32.5 Å². The van der Waals surface area contributed by atoms with E-state index in [-0.39, 0.29) is 0 Å². The molecule has 3 rings (SSSR count). The molecular formula is C15H18BrClN2S. The molecule has 0 amide bonds. The van der Waals surface area contributed by atoms with Crippen LogP contribution in [0.4, 0.5) is 5.69 Å². The predicted molar refractivity (Wildman–Crippen MR) is 93.2 cm³/mol. The Morgan fingerprint density at radius 1 is 1.35 bits per heavy atom. The fourth-order valence-electron chi connectivity index (χ4n) is 2.91. The van der Waals surface area contributed by atoms with E-state index in [1.807, 2.05) is 30.8 Å². The molecule has 1 aliphatic carbocycles. The summed E-state index contributed by atoms with van der Waals surface area (Å²) in [6, 6.07) is 4.00. The number of nitrogens with zero attached hydrogens (tertiary/aromatic N) is 1. The van der Waals surface area contributed by atoms with Crippen LogP contribution in [0, 0.1) is 12.3 Å². The summed E-state index contributed by atoms with van der Waals surface area (Å²) in [5.74, 6) is 1.19. The van der Waals surface area contributed by atoms with Gasteiger partial charge in [0, 0.05) is 21.8 Å². The molecule has 2 nitrogen and oxygen atoms in total. The molecule has 5 heteroatoms. The van der Waals surface area contributed by atoms with Gasteiger partial charge in [-0.2, -0.15) is 0 Å². The van der Waals surface area contributed by atoms with Crippen molar-refractivity contribution in [1.82, 2.24) is 0 Å². The van der Waals surface area contributed by atoms with Gasteiger partial charge in [-0.3, -0.25) is 4.99 Å². The van der Waals surface area contributed by atoms with Crippen molar-refractivity contribution in [3.8, 4) is 0 Å². The summed E-state index contributed by atoms with van der Waals surface area (Å²) in [5.41, 5.74) is 2.55. The summed E-state index contributed by atoms with van der Waals surface area (Å²) >= 11 is 11.6. The standard InChI is InChI=1S/C15H18BrClN2S/c1-10-6-11(16)13(7-12(10)17)19-14-18-8-15(9-20-14)4-2-3-5-15/h6-7H,2-5,8-9H2,1H3,(H,18,19). The molecule has 0 aromatic heterocycles. The van der Waals surface area contributed by atoms with Crippen LogP contribution in [-0.2, 0) is 0 Å². The average Bonchev–Trinajstić information content (AvgIpc) is 2.87. The number of rotatable bonds is 1. The van der Waals surface area contributed by atoms with Crippen molar-refractivity contribution in [2.75, 3.05) is 17.6 Å². The van der Waals surface area contributed by atoms with Crippen LogP contribution in [-0.4, -0.2) is 17.5 Å². The first-order chi connectivity index (χ1) is 9.58. The molecule has 1 fully saturated rings. The molecule has 1 heterocycles. The minimum absolute atomic E-state index is 0.484. The summed E-state index contributed by atoms with van der Waals surface area (Å²) in [5, 5.41) is 5.20. The lowest BCUT2D eigenvalue weighted by atomic mass is 9.89. The van der Waals surface area contributed by atoms with Gasteiger partial charge in [0.05, 0.1) is 5.69 Å². The highest BCUT2D eigenvalue weighted by molar-refractivity contribution is 9.10. The Morgan fingerprint density at radius 2 is 2.10 bits per heavy atom. The molecule has 1 saturated carbocycles. The van der Waals surface area contributed by atoms with E-state index in [1.54, 1.807) is 0 Å². The third-order valence-electron chi connectivity index (χ3n) is 4.23. The van der Waals surface area contributed by atoms with Crippen LogP contribution in [0.1, 0.15) is 31.2 Å². The zero-order chi connectivity index (χ0) is 14.2. The van der Waals surface area contributed by atoms with Gasteiger partial charge < -0.3 is 5.32 Å². The second-order valence-corrected chi connectivity index (χ2v) is 8.05. The van der Waals surface area contributed by atoms with E-state index in [1.165, 1.54) is 31.4 Å². The van der Waals surface area contributed by atoms with Gasteiger partial charge in [0.25, 0.3) is 0 Å². The molecule has 1 spiro atoms. The highest BCUT2D eigenvalue weighted by Gasteiger charge is 2.36. The number of hydrogen-bond donors (Lipinski definition) is 1. The Morgan fingerprint density at radius 3 is 2.75 bits per heavy atom. The van der Waals surface area contributed by atoms with Gasteiger partial charge in [-0.15, -0.1) is 0 Å². The van der Waals surface area contributed by atoms with Crippen LogP contribution in [0.5, 0.6) is 0 Å². The molecule has 0 saturated heterocycles. The van der Waals surface area contributed by atoms with Gasteiger partial charge in [0.15, 0.2) is 5.17 Å². The monoisotopic (exact) mass is 372 g/mol.